The van der Waals surface area contributed by atoms with Crippen LogP contribution >= 0.6 is 0 Å². The zero-order valence-electron chi connectivity index (χ0n) is 22.5. The van der Waals surface area contributed by atoms with Gasteiger partial charge >= 0.3 is 0 Å². The molecule has 7 nitrogen and oxygen atoms in total. The number of ether oxygens (including phenoxy) is 2. The smallest absolute Gasteiger partial charge is 0.255 e. The van der Waals surface area contributed by atoms with Gasteiger partial charge in [0, 0.05) is 24.6 Å². The van der Waals surface area contributed by atoms with E-state index in [0.717, 1.165) is 32.0 Å². The lowest BCUT2D eigenvalue weighted by atomic mass is 9.83. The molecule has 2 N–H and O–H groups in total. The van der Waals surface area contributed by atoms with E-state index >= 15 is 0 Å². The van der Waals surface area contributed by atoms with Gasteiger partial charge in [0.1, 0.15) is 12.0 Å². The molecule has 1 aromatic rings. The van der Waals surface area contributed by atoms with Crippen molar-refractivity contribution >= 4 is 18.1 Å². The zero-order chi connectivity index (χ0) is 26.7. The van der Waals surface area contributed by atoms with E-state index in [4.69, 9.17) is 9.47 Å². The molecule has 204 valence electrons. The Balaban J connectivity index is 1.48. The van der Waals surface area contributed by atoms with Crippen LogP contribution in [0.4, 0.5) is 4.39 Å². The number of methoxy groups -OCH3 is 1. The standard InChI is InChI=1S/C29H41FN2O5/c1-5-29(2,3)16-31-28(35)25-18-8-9-19(12-18)26(25)32-27(34)21-13-24(22(30)14-23(21)36-4)37-20-10-6-17(15-33)7-11-20/h13-15,17-20,25-26H,5-12,16H2,1-4H3,(H,31,35)(H,32,34). The summed E-state index contributed by atoms with van der Waals surface area (Å²) in [5.74, 6) is -0.593. The molecule has 4 atom stereocenters. The molecule has 0 aromatic heterocycles. The van der Waals surface area contributed by atoms with Crippen LogP contribution in [0, 0.1) is 34.9 Å². The predicted molar refractivity (Wildman–Crippen MR) is 138 cm³/mol. The highest BCUT2D eigenvalue weighted by Crippen LogP contribution is 2.49. The van der Waals surface area contributed by atoms with E-state index in [1.165, 1.54) is 19.2 Å². The molecular formula is C29H41FN2O5. The van der Waals surface area contributed by atoms with Gasteiger partial charge in [-0.15, -0.1) is 0 Å². The van der Waals surface area contributed by atoms with Crippen molar-refractivity contribution in [2.45, 2.75) is 84.3 Å². The third kappa shape index (κ3) is 6.10. The van der Waals surface area contributed by atoms with Gasteiger partial charge in [0.2, 0.25) is 5.91 Å². The molecule has 0 aliphatic heterocycles. The van der Waals surface area contributed by atoms with Crippen LogP contribution in [0.5, 0.6) is 11.5 Å². The molecule has 3 fully saturated rings. The highest BCUT2D eigenvalue weighted by Gasteiger charge is 2.51. The van der Waals surface area contributed by atoms with Gasteiger partial charge in [0.05, 0.1) is 24.7 Å². The first-order valence-corrected chi connectivity index (χ1v) is 13.7. The molecular weight excluding hydrogens is 475 g/mol. The van der Waals surface area contributed by atoms with Crippen LogP contribution < -0.4 is 20.1 Å². The third-order valence-electron chi connectivity index (χ3n) is 8.92. The van der Waals surface area contributed by atoms with Crippen LogP contribution in [-0.2, 0) is 9.59 Å². The number of halogens is 1. The summed E-state index contributed by atoms with van der Waals surface area (Å²) in [6.45, 7) is 6.96. The maximum atomic E-state index is 14.8. The van der Waals surface area contributed by atoms with Gasteiger partial charge in [-0.25, -0.2) is 4.39 Å². The molecule has 0 radical (unpaired) electrons. The van der Waals surface area contributed by atoms with Crippen LogP contribution in [-0.4, -0.2) is 43.9 Å². The minimum absolute atomic E-state index is 0.0000420. The number of fused-ring (bicyclic) bond motifs is 2. The second-order valence-electron chi connectivity index (χ2n) is 11.9. The number of hydrogen-bond acceptors (Lipinski definition) is 5. The van der Waals surface area contributed by atoms with Crippen molar-refractivity contribution in [3.05, 3.63) is 23.5 Å². The number of carbonyl (C=O) groups excluding carboxylic acids is 3. The van der Waals surface area contributed by atoms with Crippen molar-refractivity contribution in [2.75, 3.05) is 13.7 Å². The first-order valence-electron chi connectivity index (χ1n) is 13.7. The van der Waals surface area contributed by atoms with E-state index in [-0.39, 0.29) is 64.2 Å². The van der Waals surface area contributed by atoms with Gasteiger partial charge in [-0.1, -0.05) is 20.8 Å². The van der Waals surface area contributed by atoms with E-state index in [1.807, 2.05) is 0 Å². The Morgan fingerprint density at radius 1 is 1.08 bits per heavy atom. The normalized spacial score (nSPS) is 29.0. The number of rotatable bonds is 10. The highest BCUT2D eigenvalue weighted by atomic mass is 19.1. The Labute approximate surface area is 219 Å². The van der Waals surface area contributed by atoms with E-state index < -0.39 is 11.7 Å². The average Bonchev–Trinajstić information content (AvgIpc) is 3.50. The number of aldehydes is 1. The second kappa shape index (κ2) is 11.4. The van der Waals surface area contributed by atoms with Crippen molar-refractivity contribution in [1.82, 2.24) is 10.6 Å². The number of carbonyl (C=O) groups is 3. The molecule has 2 amide bonds. The van der Waals surface area contributed by atoms with Gasteiger partial charge in [0.15, 0.2) is 11.6 Å². The Kier molecular flexibility index (Phi) is 8.44. The Morgan fingerprint density at radius 2 is 1.78 bits per heavy atom. The van der Waals surface area contributed by atoms with Crippen molar-refractivity contribution in [2.24, 2.45) is 29.1 Å². The lowest BCUT2D eigenvalue weighted by molar-refractivity contribution is -0.127. The van der Waals surface area contributed by atoms with E-state index in [2.05, 4.69) is 31.4 Å². The maximum absolute atomic E-state index is 14.8. The summed E-state index contributed by atoms with van der Waals surface area (Å²) in [6.07, 6.45) is 7.37. The molecule has 37 heavy (non-hydrogen) atoms. The first-order chi connectivity index (χ1) is 17.7. The highest BCUT2D eigenvalue weighted by molar-refractivity contribution is 5.98. The molecule has 1 aromatic carbocycles. The lowest BCUT2D eigenvalue weighted by Crippen LogP contribution is -2.50. The molecule has 3 saturated carbocycles. The van der Waals surface area contributed by atoms with Crippen molar-refractivity contribution in [3.8, 4) is 11.5 Å². The summed E-state index contributed by atoms with van der Waals surface area (Å²) in [5, 5.41) is 6.24. The summed E-state index contributed by atoms with van der Waals surface area (Å²) in [5.41, 5.74) is 0.200. The predicted octanol–water partition coefficient (Wildman–Crippen LogP) is 4.67. The van der Waals surface area contributed by atoms with Crippen molar-refractivity contribution < 1.29 is 28.2 Å². The molecule has 8 heteroatoms. The van der Waals surface area contributed by atoms with Crippen LogP contribution in [0.1, 0.15) is 82.5 Å². The van der Waals surface area contributed by atoms with Crippen LogP contribution in [0.2, 0.25) is 0 Å². The van der Waals surface area contributed by atoms with Crippen molar-refractivity contribution in [3.63, 3.8) is 0 Å². The Hall–Kier alpha value is -2.64. The third-order valence-corrected chi connectivity index (χ3v) is 8.92. The number of amides is 2. The molecule has 0 spiro atoms. The summed E-state index contributed by atoms with van der Waals surface area (Å²) in [6, 6.07) is 2.31. The largest absolute Gasteiger partial charge is 0.496 e. The topological polar surface area (TPSA) is 93.7 Å². The zero-order valence-corrected chi connectivity index (χ0v) is 22.5. The average molecular weight is 517 g/mol. The lowest BCUT2D eigenvalue weighted by Gasteiger charge is -2.32. The monoisotopic (exact) mass is 516 g/mol. The van der Waals surface area contributed by atoms with Gasteiger partial charge in [0.25, 0.3) is 5.91 Å². The van der Waals surface area contributed by atoms with Crippen LogP contribution in [0.3, 0.4) is 0 Å². The number of nitrogens with one attached hydrogen (secondary N) is 2. The second-order valence-corrected chi connectivity index (χ2v) is 11.9. The first kappa shape index (κ1) is 27.4. The van der Waals surface area contributed by atoms with E-state index in [0.29, 0.717) is 32.2 Å². The minimum Gasteiger partial charge on any atom is -0.496 e. The summed E-state index contributed by atoms with van der Waals surface area (Å²) < 4.78 is 26.1. The minimum atomic E-state index is -0.596. The molecule has 0 heterocycles. The summed E-state index contributed by atoms with van der Waals surface area (Å²) >= 11 is 0. The Morgan fingerprint density at radius 3 is 2.43 bits per heavy atom. The van der Waals surface area contributed by atoms with Crippen LogP contribution in [0.25, 0.3) is 0 Å². The molecule has 3 aliphatic carbocycles. The Bertz CT molecular complexity index is 1000. The molecule has 2 bridgehead atoms. The summed E-state index contributed by atoms with van der Waals surface area (Å²) in [4.78, 5) is 37.8. The van der Waals surface area contributed by atoms with E-state index in [1.54, 1.807) is 0 Å². The molecule has 0 saturated heterocycles. The van der Waals surface area contributed by atoms with Gasteiger partial charge < -0.3 is 24.9 Å². The number of hydrogen-bond donors (Lipinski definition) is 2. The molecule has 3 aliphatic rings. The molecule has 4 rings (SSSR count). The quantitative estimate of drug-likeness (QED) is 0.441. The molecule has 4 unspecified atom stereocenters. The van der Waals surface area contributed by atoms with Crippen molar-refractivity contribution in [1.29, 1.82) is 0 Å². The fourth-order valence-electron chi connectivity index (χ4n) is 6.17. The maximum Gasteiger partial charge on any atom is 0.255 e. The van der Waals surface area contributed by atoms with Gasteiger partial charge in [-0.3, -0.25) is 9.59 Å². The van der Waals surface area contributed by atoms with E-state index in [9.17, 15) is 18.8 Å². The van der Waals surface area contributed by atoms with Crippen LogP contribution in [0.15, 0.2) is 12.1 Å². The number of benzene rings is 1. The fraction of sp³-hybridized carbons (Fsp3) is 0.690. The fourth-order valence-corrected chi connectivity index (χ4v) is 6.17. The van der Waals surface area contributed by atoms with Gasteiger partial charge in [-0.05, 0) is 74.7 Å². The summed E-state index contributed by atoms with van der Waals surface area (Å²) in [7, 11) is 1.40. The van der Waals surface area contributed by atoms with Gasteiger partial charge in [-0.2, -0.15) is 0 Å². The SMILES string of the molecule is CCC(C)(C)CNC(=O)C1C2CCC(C2)C1NC(=O)c1cc(OC2CCC(C=O)CC2)c(F)cc1OC.